The number of nitrogens with zero attached hydrogens (tertiary/aromatic N) is 6. The van der Waals surface area contributed by atoms with Gasteiger partial charge in [0.25, 0.3) is 0 Å². The molecule has 126 valence electrons. The maximum atomic E-state index is 5.68. The fourth-order valence-corrected chi connectivity index (χ4v) is 2.97. The van der Waals surface area contributed by atoms with E-state index in [0.717, 1.165) is 33.4 Å². The minimum Gasteiger partial charge on any atom is -0.492 e. The zero-order chi connectivity index (χ0) is 17.5. The van der Waals surface area contributed by atoms with E-state index >= 15 is 0 Å². The van der Waals surface area contributed by atoms with Gasteiger partial charge < -0.3 is 4.74 Å². The molecule has 2 heterocycles. The lowest BCUT2D eigenvalue weighted by Gasteiger charge is -2.11. The molecule has 0 N–H and O–H groups in total. The van der Waals surface area contributed by atoms with Crippen LogP contribution in [0.3, 0.4) is 0 Å². The number of aromatic nitrogens is 6. The highest BCUT2D eigenvalue weighted by atomic mass is 16.5. The van der Waals surface area contributed by atoms with Crippen molar-refractivity contribution in [3.8, 4) is 17.1 Å². The summed E-state index contributed by atoms with van der Waals surface area (Å²) in [7, 11) is 1.62. The molecule has 7 nitrogen and oxygen atoms in total. The van der Waals surface area contributed by atoms with Crippen molar-refractivity contribution in [1.29, 1.82) is 0 Å². The molecule has 0 fully saturated rings. The van der Waals surface area contributed by atoms with Crippen LogP contribution in [-0.4, -0.2) is 37.1 Å². The van der Waals surface area contributed by atoms with Crippen molar-refractivity contribution in [2.45, 2.75) is 0 Å². The van der Waals surface area contributed by atoms with E-state index in [4.69, 9.17) is 4.74 Å². The van der Waals surface area contributed by atoms with Crippen molar-refractivity contribution >= 4 is 22.1 Å². The number of fused-ring (bicyclic) bond motifs is 2. The second-order valence-electron chi connectivity index (χ2n) is 5.79. The normalized spacial score (nSPS) is 11.3. The van der Waals surface area contributed by atoms with Crippen molar-refractivity contribution in [2.75, 3.05) is 7.11 Å². The third-order valence-corrected chi connectivity index (χ3v) is 4.18. The van der Waals surface area contributed by atoms with Gasteiger partial charge in [-0.05, 0) is 36.4 Å². The quantitative estimate of drug-likeness (QED) is 0.504. The maximum Gasteiger partial charge on any atom is 0.173 e. The third-order valence-electron chi connectivity index (χ3n) is 4.18. The first kappa shape index (κ1) is 14.6. The summed E-state index contributed by atoms with van der Waals surface area (Å²) in [5.41, 5.74) is 4.74. The number of benzene rings is 3. The number of methoxy groups -OCH3 is 1. The van der Waals surface area contributed by atoms with Gasteiger partial charge in [-0.3, -0.25) is 0 Å². The highest BCUT2D eigenvalue weighted by molar-refractivity contribution is 5.75. The van der Waals surface area contributed by atoms with E-state index in [0.29, 0.717) is 5.75 Å². The zero-order valence-corrected chi connectivity index (χ0v) is 13.9. The molecule has 5 rings (SSSR count). The van der Waals surface area contributed by atoms with E-state index < -0.39 is 0 Å². The molecule has 0 bridgehead atoms. The van der Waals surface area contributed by atoms with Gasteiger partial charge in [-0.1, -0.05) is 30.3 Å². The van der Waals surface area contributed by atoms with Gasteiger partial charge in [-0.15, -0.1) is 30.0 Å². The van der Waals surface area contributed by atoms with Crippen molar-refractivity contribution in [3.63, 3.8) is 0 Å². The first-order valence-corrected chi connectivity index (χ1v) is 8.15. The molecule has 7 heteroatoms. The summed E-state index contributed by atoms with van der Waals surface area (Å²) in [4.78, 5) is 3.16. The van der Waals surface area contributed by atoms with Crippen LogP contribution in [-0.2, 0) is 0 Å². The van der Waals surface area contributed by atoms with E-state index in [1.54, 1.807) is 16.7 Å². The van der Waals surface area contributed by atoms with E-state index in [9.17, 15) is 0 Å². The fourth-order valence-electron chi connectivity index (χ4n) is 2.97. The van der Waals surface area contributed by atoms with Gasteiger partial charge in [-0.2, -0.15) is 0 Å². The van der Waals surface area contributed by atoms with Crippen LogP contribution in [0.1, 0.15) is 0 Å². The predicted molar refractivity (Wildman–Crippen MR) is 97.8 cm³/mol. The molecule has 0 amide bonds. The molecular formula is C19H14N6O. The Balaban J connectivity index is 1.71. The Kier molecular flexibility index (Phi) is 3.18. The first-order chi connectivity index (χ1) is 12.8. The maximum absolute atomic E-state index is 5.68. The summed E-state index contributed by atoms with van der Waals surface area (Å²) >= 11 is 0. The molecule has 2 aromatic heterocycles. The summed E-state index contributed by atoms with van der Waals surface area (Å²) in [6.45, 7) is 0. The smallest absolute Gasteiger partial charge is 0.173 e. The molecule has 0 spiro atoms. The van der Waals surface area contributed by atoms with Crippen LogP contribution in [0.4, 0.5) is 0 Å². The van der Waals surface area contributed by atoms with Crippen LogP contribution in [0.25, 0.3) is 33.4 Å². The number of hydrogen-bond acceptors (Lipinski definition) is 5. The van der Waals surface area contributed by atoms with Gasteiger partial charge in [0.15, 0.2) is 5.75 Å². The lowest BCUT2D eigenvalue weighted by Crippen LogP contribution is -2.07. The summed E-state index contributed by atoms with van der Waals surface area (Å²) in [6.07, 6.45) is 0. The Labute approximate surface area is 148 Å². The molecule has 0 aliphatic carbocycles. The first-order valence-electron chi connectivity index (χ1n) is 8.15. The second kappa shape index (κ2) is 5.66. The molecule has 0 atom stereocenters. The average Bonchev–Trinajstić information content (AvgIpc) is 3.31. The molecule has 0 aliphatic rings. The predicted octanol–water partition coefficient (Wildman–Crippen LogP) is 3.16. The number of rotatable bonds is 3. The summed E-state index contributed by atoms with van der Waals surface area (Å²) < 4.78 is 5.68. The lowest BCUT2D eigenvalue weighted by atomic mass is 10.2. The van der Waals surface area contributed by atoms with E-state index in [2.05, 4.69) is 20.4 Å². The van der Waals surface area contributed by atoms with Crippen LogP contribution < -0.4 is 4.74 Å². The van der Waals surface area contributed by atoms with Gasteiger partial charge in [0, 0.05) is 0 Å². The van der Waals surface area contributed by atoms with Crippen molar-refractivity contribution in [3.05, 3.63) is 66.7 Å². The molecule has 0 unspecified atom stereocenters. The highest BCUT2D eigenvalue weighted by Crippen LogP contribution is 2.30. The second-order valence-corrected chi connectivity index (χ2v) is 5.79. The van der Waals surface area contributed by atoms with Crippen LogP contribution in [0.5, 0.6) is 5.75 Å². The Morgan fingerprint density at radius 2 is 0.962 bits per heavy atom. The summed E-state index contributed by atoms with van der Waals surface area (Å²) in [5, 5.41) is 18.2. The van der Waals surface area contributed by atoms with Crippen LogP contribution in [0, 0.1) is 0 Å². The molecule has 3 aromatic carbocycles. The van der Waals surface area contributed by atoms with E-state index in [-0.39, 0.29) is 0 Å². The largest absolute Gasteiger partial charge is 0.492 e. The number of hydrogen-bond donors (Lipinski definition) is 0. The van der Waals surface area contributed by atoms with Crippen molar-refractivity contribution < 1.29 is 4.74 Å². The Morgan fingerprint density at radius 3 is 1.31 bits per heavy atom. The highest BCUT2D eigenvalue weighted by Gasteiger charge is 2.16. The van der Waals surface area contributed by atoms with Crippen LogP contribution in [0.2, 0.25) is 0 Å². The van der Waals surface area contributed by atoms with Gasteiger partial charge in [-0.25, -0.2) is 0 Å². The minimum absolute atomic E-state index is 0.605. The Bertz CT molecular complexity index is 1080. The third kappa shape index (κ3) is 2.21. The zero-order valence-electron chi connectivity index (χ0n) is 13.9. The minimum atomic E-state index is 0.605. The molecule has 0 aliphatic heterocycles. The van der Waals surface area contributed by atoms with Crippen LogP contribution in [0.15, 0.2) is 66.7 Å². The van der Waals surface area contributed by atoms with Crippen LogP contribution >= 0.6 is 0 Å². The van der Waals surface area contributed by atoms with Gasteiger partial charge in [0.05, 0.1) is 7.11 Å². The van der Waals surface area contributed by atoms with Gasteiger partial charge >= 0.3 is 0 Å². The topological polar surface area (TPSA) is 70.7 Å². The van der Waals surface area contributed by atoms with Crippen molar-refractivity contribution in [1.82, 2.24) is 30.0 Å². The van der Waals surface area contributed by atoms with Gasteiger partial charge in [0.1, 0.15) is 33.4 Å². The van der Waals surface area contributed by atoms with E-state index in [1.807, 2.05) is 66.7 Å². The Hall–Kier alpha value is -3.74. The molecule has 0 radical (unpaired) electrons. The average molecular weight is 342 g/mol. The van der Waals surface area contributed by atoms with Crippen molar-refractivity contribution in [2.24, 2.45) is 0 Å². The molecule has 0 saturated carbocycles. The molecule has 0 saturated heterocycles. The lowest BCUT2D eigenvalue weighted by molar-refractivity contribution is 0.405. The molecule has 5 aromatic rings. The number of para-hydroxylation sites is 1. The molecule has 26 heavy (non-hydrogen) atoms. The summed E-state index contributed by atoms with van der Waals surface area (Å²) in [6, 6.07) is 21.2. The summed E-state index contributed by atoms with van der Waals surface area (Å²) in [5.74, 6) is 0.605. The number of ether oxygens (including phenoxy) is 1. The van der Waals surface area contributed by atoms with Gasteiger partial charge in [0.2, 0.25) is 0 Å². The Morgan fingerprint density at radius 1 is 0.577 bits per heavy atom. The molecular weight excluding hydrogens is 328 g/mol. The van der Waals surface area contributed by atoms with E-state index in [1.165, 1.54) is 0 Å². The SMILES string of the molecule is COc1c(-n2nc3ccccc3n2)cccc1-n1nc2ccccc2n1. The fraction of sp³-hybridized carbons (Fsp3) is 0.0526. The monoisotopic (exact) mass is 342 g/mol. The standard InChI is InChI=1S/C19H14N6O/c1-26-19-17(24-20-13-7-2-3-8-14(13)21-24)11-6-12-18(19)25-22-15-9-4-5-10-16(15)23-25/h2-12H,1H3.